The Labute approximate surface area is 175 Å². The molecule has 0 spiro atoms. The Morgan fingerprint density at radius 2 is 1.90 bits per heavy atom. The van der Waals surface area contributed by atoms with Crippen LogP contribution in [0, 0.1) is 15.9 Å². The van der Waals surface area contributed by atoms with E-state index < -0.39 is 34.2 Å². The van der Waals surface area contributed by atoms with Crippen LogP contribution in [-0.4, -0.2) is 26.6 Å². The lowest BCUT2D eigenvalue weighted by Crippen LogP contribution is -2.29. The summed E-state index contributed by atoms with van der Waals surface area (Å²) in [5.74, 6) is -2.67. The average Bonchev–Trinajstić information content (AvgIpc) is 3.36. The lowest BCUT2D eigenvalue weighted by atomic mass is 9.95. The summed E-state index contributed by atoms with van der Waals surface area (Å²) in [6, 6.07) is 12.5. The van der Waals surface area contributed by atoms with Gasteiger partial charge in [-0.1, -0.05) is 24.3 Å². The fourth-order valence-electron chi connectivity index (χ4n) is 3.56. The van der Waals surface area contributed by atoms with E-state index in [-0.39, 0.29) is 28.9 Å². The van der Waals surface area contributed by atoms with E-state index in [1.165, 1.54) is 47.6 Å². The van der Waals surface area contributed by atoms with Gasteiger partial charge in [0.2, 0.25) is 0 Å². The Bertz CT molecular complexity index is 1220. The summed E-state index contributed by atoms with van der Waals surface area (Å²) in [4.78, 5) is 37.3. The molecule has 2 aromatic carbocycles. The van der Waals surface area contributed by atoms with Crippen molar-refractivity contribution in [3.05, 3.63) is 105 Å². The van der Waals surface area contributed by atoms with Gasteiger partial charge in [-0.25, -0.2) is 4.39 Å². The molecular weight excluding hydrogens is 407 g/mol. The lowest BCUT2D eigenvalue weighted by Gasteiger charge is -2.24. The molecule has 1 atom stereocenters. The van der Waals surface area contributed by atoms with Crippen molar-refractivity contribution in [1.82, 2.24) is 4.90 Å². The first-order valence-electron chi connectivity index (χ1n) is 9.18. The third kappa shape index (κ3) is 3.68. The number of nitro groups is 1. The van der Waals surface area contributed by atoms with E-state index >= 15 is 0 Å². The molecule has 4 rings (SSSR count). The molecule has 1 N–H and O–H groups in total. The maximum Gasteiger partial charge on any atom is 0.296 e. The maximum absolute atomic E-state index is 14.0. The quantitative estimate of drug-likeness (QED) is 0.219. The molecule has 1 aliphatic heterocycles. The second kappa shape index (κ2) is 7.86. The highest BCUT2D eigenvalue weighted by molar-refractivity contribution is 6.46. The molecule has 0 radical (unpaired) electrons. The minimum atomic E-state index is -1.11. The molecule has 9 heteroatoms. The number of hydrogen-bond acceptors (Lipinski definition) is 6. The van der Waals surface area contributed by atoms with Crippen molar-refractivity contribution < 1.29 is 28.4 Å². The predicted molar refractivity (Wildman–Crippen MR) is 106 cm³/mol. The van der Waals surface area contributed by atoms with Gasteiger partial charge in [0.25, 0.3) is 17.4 Å². The monoisotopic (exact) mass is 422 g/mol. The summed E-state index contributed by atoms with van der Waals surface area (Å²) >= 11 is 0. The van der Waals surface area contributed by atoms with Crippen molar-refractivity contribution in [2.75, 3.05) is 0 Å². The highest BCUT2D eigenvalue weighted by Gasteiger charge is 2.46. The van der Waals surface area contributed by atoms with Crippen molar-refractivity contribution in [2.45, 2.75) is 12.6 Å². The van der Waals surface area contributed by atoms with Gasteiger partial charge in [-0.05, 0) is 29.8 Å². The number of aliphatic hydroxyl groups excluding tert-OH is 1. The Balaban J connectivity index is 1.89. The molecule has 8 nitrogen and oxygen atoms in total. The number of nitrogens with zero attached hydrogens (tertiary/aromatic N) is 2. The highest BCUT2D eigenvalue weighted by atomic mass is 19.1. The molecule has 156 valence electrons. The number of benzene rings is 2. The summed E-state index contributed by atoms with van der Waals surface area (Å²) in [6.07, 6.45) is 1.41. The number of furan rings is 1. The maximum atomic E-state index is 14.0. The van der Waals surface area contributed by atoms with Crippen molar-refractivity contribution >= 4 is 23.1 Å². The van der Waals surface area contributed by atoms with Crippen LogP contribution < -0.4 is 0 Å². The number of aliphatic hydroxyl groups is 1. The van der Waals surface area contributed by atoms with E-state index in [0.29, 0.717) is 5.76 Å². The number of hydrogen-bond donors (Lipinski definition) is 1. The van der Waals surface area contributed by atoms with Crippen LogP contribution in [0.2, 0.25) is 0 Å². The zero-order valence-corrected chi connectivity index (χ0v) is 15.9. The van der Waals surface area contributed by atoms with Crippen LogP contribution in [0.4, 0.5) is 10.1 Å². The number of amides is 1. The minimum absolute atomic E-state index is 0.00778. The summed E-state index contributed by atoms with van der Waals surface area (Å²) < 4.78 is 19.2. The summed E-state index contributed by atoms with van der Waals surface area (Å²) in [6.45, 7) is -0.0928. The van der Waals surface area contributed by atoms with Crippen LogP contribution in [0.25, 0.3) is 5.76 Å². The van der Waals surface area contributed by atoms with Crippen LogP contribution in [0.5, 0.6) is 0 Å². The average molecular weight is 422 g/mol. The standard InChI is InChI=1S/C22H15FN2O6/c23-15-6-1-4-13(10-15)19-18(20(26)14-5-2-7-16(11-14)25(29)30)21(27)22(28)24(19)12-17-8-3-9-31-17/h1-11,19,26H,12H2/b20-18+/t19-/m1/s1. The summed E-state index contributed by atoms with van der Waals surface area (Å²) in [5.41, 5.74) is -0.330. The number of carbonyl (C=O) groups excluding carboxylic acids is 2. The van der Waals surface area contributed by atoms with Gasteiger partial charge in [0, 0.05) is 17.7 Å². The van der Waals surface area contributed by atoms with Crippen molar-refractivity contribution in [2.24, 2.45) is 0 Å². The SMILES string of the molecule is O=C1C(=O)N(Cc2ccco2)[C@H](c2cccc(F)c2)/C1=C(\O)c1cccc([N+](=O)[O-])c1. The number of nitro benzene ring substituents is 1. The van der Waals surface area contributed by atoms with Gasteiger partial charge in [-0.3, -0.25) is 19.7 Å². The number of non-ortho nitro benzene ring substituents is 1. The molecule has 0 aliphatic carbocycles. The number of Topliss-reactive ketones (excluding diaryl/α,β-unsaturated/α-hetero) is 1. The first kappa shape index (κ1) is 20.0. The zero-order valence-electron chi connectivity index (χ0n) is 15.9. The van der Waals surface area contributed by atoms with Crippen LogP contribution >= 0.6 is 0 Å². The van der Waals surface area contributed by atoms with Crippen LogP contribution in [-0.2, 0) is 16.1 Å². The van der Waals surface area contributed by atoms with E-state index in [0.717, 1.165) is 12.1 Å². The third-order valence-corrected chi connectivity index (χ3v) is 4.94. The predicted octanol–water partition coefficient (Wildman–Crippen LogP) is 3.95. The molecule has 1 amide bonds. The van der Waals surface area contributed by atoms with Gasteiger partial charge in [0.1, 0.15) is 17.3 Å². The molecule has 0 saturated carbocycles. The van der Waals surface area contributed by atoms with Gasteiger partial charge in [0.15, 0.2) is 0 Å². The number of carbonyl (C=O) groups is 2. The molecule has 1 aromatic heterocycles. The molecule has 1 aliphatic rings. The molecule has 3 aromatic rings. The Hall–Kier alpha value is -4.27. The number of likely N-dealkylation sites (tertiary alicyclic amines) is 1. The van der Waals surface area contributed by atoms with Gasteiger partial charge >= 0.3 is 0 Å². The number of rotatable bonds is 5. The Morgan fingerprint density at radius 3 is 2.58 bits per heavy atom. The fourth-order valence-corrected chi connectivity index (χ4v) is 3.56. The highest BCUT2D eigenvalue weighted by Crippen LogP contribution is 2.40. The largest absolute Gasteiger partial charge is 0.507 e. The van der Waals surface area contributed by atoms with Crippen LogP contribution in [0.15, 0.2) is 76.9 Å². The van der Waals surface area contributed by atoms with E-state index in [4.69, 9.17) is 4.42 Å². The third-order valence-electron chi connectivity index (χ3n) is 4.94. The van der Waals surface area contributed by atoms with E-state index in [9.17, 15) is 29.2 Å². The van der Waals surface area contributed by atoms with E-state index in [2.05, 4.69) is 0 Å². The van der Waals surface area contributed by atoms with Gasteiger partial charge in [-0.15, -0.1) is 0 Å². The summed E-state index contributed by atoms with van der Waals surface area (Å²) in [5, 5.41) is 22.0. The van der Waals surface area contributed by atoms with Crippen molar-refractivity contribution in [1.29, 1.82) is 0 Å². The number of ketones is 1. The van der Waals surface area contributed by atoms with Crippen molar-refractivity contribution in [3.8, 4) is 0 Å². The van der Waals surface area contributed by atoms with Gasteiger partial charge in [0.05, 0.1) is 29.3 Å². The fraction of sp³-hybridized carbons (Fsp3) is 0.0909. The number of halogens is 1. The zero-order chi connectivity index (χ0) is 22.1. The Morgan fingerprint density at radius 1 is 1.13 bits per heavy atom. The van der Waals surface area contributed by atoms with Crippen molar-refractivity contribution in [3.63, 3.8) is 0 Å². The second-order valence-electron chi connectivity index (χ2n) is 6.87. The normalized spacial score (nSPS) is 17.8. The second-order valence-corrected chi connectivity index (χ2v) is 6.87. The Kier molecular flexibility index (Phi) is 5.08. The first-order chi connectivity index (χ1) is 14.9. The van der Waals surface area contributed by atoms with E-state index in [1.54, 1.807) is 12.1 Å². The molecule has 0 unspecified atom stereocenters. The smallest absolute Gasteiger partial charge is 0.296 e. The molecule has 1 fully saturated rings. The molecular formula is C22H15FN2O6. The van der Waals surface area contributed by atoms with Crippen LogP contribution in [0.3, 0.4) is 0 Å². The first-order valence-corrected chi connectivity index (χ1v) is 9.18. The topological polar surface area (TPSA) is 114 Å². The summed E-state index contributed by atoms with van der Waals surface area (Å²) in [7, 11) is 0. The van der Waals surface area contributed by atoms with Gasteiger partial charge in [-0.2, -0.15) is 0 Å². The van der Waals surface area contributed by atoms with Crippen LogP contribution in [0.1, 0.15) is 22.9 Å². The van der Waals surface area contributed by atoms with E-state index in [1.807, 2.05) is 0 Å². The molecule has 1 saturated heterocycles. The molecule has 2 heterocycles. The lowest BCUT2D eigenvalue weighted by molar-refractivity contribution is -0.384. The van der Waals surface area contributed by atoms with Gasteiger partial charge < -0.3 is 14.4 Å². The minimum Gasteiger partial charge on any atom is -0.507 e. The molecule has 0 bridgehead atoms. The molecule has 31 heavy (non-hydrogen) atoms.